The lowest BCUT2D eigenvalue weighted by molar-refractivity contribution is -0.185. The lowest BCUT2D eigenvalue weighted by atomic mass is 9.75. The number of likely N-dealkylation sites (tertiary alicyclic amines) is 1. The highest BCUT2D eigenvalue weighted by Crippen LogP contribution is 2.39. The second-order valence-electron chi connectivity index (χ2n) is 8.28. The maximum absolute atomic E-state index is 12.7. The second-order valence-corrected chi connectivity index (χ2v) is 8.28. The lowest BCUT2D eigenvalue weighted by Gasteiger charge is -2.51. The van der Waals surface area contributed by atoms with E-state index in [1.807, 2.05) is 12.1 Å². The smallest absolute Gasteiger partial charge is 0.251 e. The summed E-state index contributed by atoms with van der Waals surface area (Å²) in [6.45, 7) is 8.66. The standard InChI is InChI=1S/C21H28N4O3/c1-3-8-25-9-6-21(7-10-25)13-20(2,27)18(12-28-21)24-19(26)15-4-5-16-17(11-15)23-14-22-16/h3-5,11,14,18,27H,1,6-10,12-13H2,2H3,(H,22,23)(H,24,26)/t18-,20-/m0/s1. The minimum atomic E-state index is -1.02. The zero-order valence-corrected chi connectivity index (χ0v) is 16.3. The number of aliphatic hydroxyl groups is 1. The number of carbonyl (C=O) groups excluding carboxylic acids is 1. The molecule has 1 aromatic heterocycles. The fraction of sp³-hybridized carbons (Fsp3) is 0.524. The van der Waals surface area contributed by atoms with Crippen LogP contribution in [0.15, 0.2) is 37.2 Å². The van der Waals surface area contributed by atoms with Crippen molar-refractivity contribution in [1.29, 1.82) is 0 Å². The summed E-state index contributed by atoms with van der Waals surface area (Å²) in [6, 6.07) is 4.87. The molecular weight excluding hydrogens is 356 g/mol. The molecule has 2 fully saturated rings. The molecule has 28 heavy (non-hydrogen) atoms. The SMILES string of the molecule is C=CCN1CCC2(CC1)C[C@](C)(O)[C@@H](NC(=O)c1ccc3nc[nH]c3c1)CO2. The predicted octanol–water partition coefficient (Wildman–Crippen LogP) is 1.85. The molecule has 1 spiro atoms. The Bertz CT molecular complexity index is 867. The average Bonchev–Trinajstić information content (AvgIpc) is 3.14. The first-order valence-electron chi connectivity index (χ1n) is 9.84. The number of nitrogens with zero attached hydrogens (tertiary/aromatic N) is 2. The van der Waals surface area contributed by atoms with E-state index in [0.717, 1.165) is 43.5 Å². The van der Waals surface area contributed by atoms with Gasteiger partial charge in [-0.3, -0.25) is 9.69 Å². The van der Waals surface area contributed by atoms with Crippen molar-refractivity contribution in [3.63, 3.8) is 0 Å². The van der Waals surface area contributed by atoms with Gasteiger partial charge in [-0.25, -0.2) is 4.98 Å². The number of hydrogen-bond donors (Lipinski definition) is 3. The Kier molecular flexibility index (Phi) is 4.99. The molecule has 4 rings (SSSR count). The van der Waals surface area contributed by atoms with Gasteiger partial charge in [-0.15, -0.1) is 6.58 Å². The van der Waals surface area contributed by atoms with Crippen molar-refractivity contribution in [2.45, 2.75) is 43.4 Å². The fourth-order valence-electron chi connectivity index (χ4n) is 4.43. The van der Waals surface area contributed by atoms with Crippen LogP contribution in [0.1, 0.15) is 36.5 Å². The number of aromatic nitrogens is 2. The molecule has 7 heteroatoms. The largest absolute Gasteiger partial charge is 0.388 e. The molecule has 0 aliphatic carbocycles. The minimum absolute atomic E-state index is 0.220. The number of H-pyrrole nitrogens is 1. The summed E-state index contributed by atoms with van der Waals surface area (Å²) >= 11 is 0. The topological polar surface area (TPSA) is 90.5 Å². The number of nitrogens with one attached hydrogen (secondary N) is 2. The van der Waals surface area contributed by atoms with Crippen LogP contribution in [0.2, 0.25) is 0 Å². The molecule has 0 saturated carbocycles. The molecule has 1 amide bonds. The van der Waals surface area contributed by atoms with Crippen molar-refractivity contribution >= 4 is 16.9 Å². The number of hydrogen-bond acceptors (Lipinski definition) is 5. The Hall–Kier alpha value is -2.22. The lowest BCUT2D eigenvalue weighted by Crippen LogP contribution is -2.63. The van der Waals surface area contributed by atoms with Crippen LogP contribution in [-0.2, 0) is 4.74 Å². The Morgan fingerprint density at radius 3 is 3.00 bits per heavy atom. The average molecular weight is 384 g/mol. The van der Waals surface area contributed by atoms with E-state index in [1.54, 1.807) is 25.4 Å². The van der Waals surface area contributed by atoms with E-state index >= 15 is 0 Å². The highest BCUT2D eigenvalue weighted by molar-refractivity contribution is 5.97. The molecule has 0 unspecified atom stereocenters. The highest BCUT2D eigenvalue weighted by Gasteiger charge is 2.49. The molecule has 3 heterocycles. The summed E-state index contributed by atoms with van der Waals surface area (Å²) in [7, 11) is 0. The van der Waals surface area contributed by atoms with E-state index in [2.05, 4.69) is 26.8 Å². The molecule has 2 saturated heterocycles. The number of imidazole rings is 1. The van der Waals surface area contributed by atoms with Crippen LogP contribution in [0.4, 0.5) is 0 Å². The zero-order valence-electron chi connectivity index (χ0n) is 16.3. The fourth-order valence-corrected chi connectivity index (χ4v) is 4.43. The molecule has 2 atom stereocenters. The molecule has 2 aliphatic heterocycles. The summed E-state index contributed by atoms with van der Waals surface area (Å²) in [5.41, 5.74) is 0.827. The summed E-state index contributed by atoms with van der Waals surface area (Å²) in [5, 5.41) is 14.1. The Morgan fingerprint density at radius 2 is 2.29 bits per heavy atom. The molecule has 0 radical (unpaired) electrons. The third kappa shape index (κ3) is 3.70. The van der Waals surface area contributed by atoms with Gasteiger partial charge in [-0.05, 0) is 38.0 Å². The molecule has 2 aromatic rings. The van der Waals surface area contributed by atoms with E-state index in [9.17, 15) is 9.90 Å². The summed E-state index contributed by atoms with van der Waals surface area (Å²) < 4.78 is 6.23. The minimum Gasteiger partial charge on any atom is -0.388 e. The summed E-state index contributed by atoms with van der Waals surface area (Å²) in [6.07, 6.45) is 5.81. The van der Waals surface area contributed by atoms with Gasteiger partial charge < -0.3 is 20.1 Å². The number of benzene rings is 1. The quantitative estimate of drug-likeness (QED) is 0.700. The third-order valence-corrected chi connectivity index (χ3v) is 6.13. The van der Waals surface area contributed by atoms with Crippen LogP contribution in [0.5, 0.6) is 0 Å². The van der Waals surface area contributed by atoms with Gasteiger partial charge in [0.05, 0.1) is 41.2 Å². The third-order valence-electron chi connectivity index (χ3n) is 6.13. The Balaban J connectivity index is 1.41. The molecule has 0 bridgehead atoms. The van der Waals surface area contributed by atoms with Crippen LogP contribution < -0.4 is 5.32 Å². The van der Waals surface area contributed by atoms with Gasteiger partial charge in [-0.1, -0.05) is 6.08 Å². The number of ether oxygens (including phenoxy) is 1. The maximum atomic E-state index is 12.7. The Morgan fingerprint density at radius 1 is 1.50 bits per heavy atom. The van der Waals surface area contributed by atoms with Gasteiger partial charge in [0, 0.05) is 31.6 Å². The molecule has 150 valence electrons. The summed E-state index contributed by atoms with van der Waals surface area (Å²) in [5.74, 6) is -0.220. The first-order chi connectivity index (χ1) is 13.4. The van der Waals surface area contributed by atoms with Gasteiger partial charge >= 0.3 is 0 Å². The Labute approximate surface area is 164 Å². The van der Waals surface area contributed by atoms with Gasteiger partial charge in [0.15, 0.2) is 0 Å². The first-order valence-corrected chi connectivity index (χ1v) is 9.84. The van der Waals surface area contributed by atoms with Gasteiger partial charge in [0.1, 0.15) is 0 Å². The van der Waals surface area contributed by atoms with Crippen molar-refractivity contribution in [2.75, 3.05) is 26.2 Å². The zero-order chi connectivity index (χ0) is 19.8. The maximum Gasteiger partial charge on any atom is 0.251 e. The van der Waals surface area contributed by atoms with Gasteiger partial charge in [-0.2, -0.15) is 0 Å². The second kappa shape index (κ2) is 7.31. The highest BCUT2D eigenvalue weighted by atomic mass is 16.5. The van der Waals surface area contributed by atoms with Crippen LogP contribution in [-0.4, -0.2) is 69.4 Å². The van der Waals surface area contributed by atoms with E-state index < -0.39 is 11.6 Å². The van der Waals surface area contributed by atoms with E-state index in [0.29, 0.717) is 18.6 Å². The van der Waals surface area contributed by atoms with Crippen LogP contribution in [0.25, 0.3) is 11.0 Å². The van der Waals surface area contributed by atoms with E-state index in [1.165, 1.54) is 0 Å². The molecule has 7 nitrogen and oxygen atoms in total. The predicted molar refractivity (Wildman–Crippen MR) is 107 cm³/mol. The molecular formula is C21H28N4O3. The van der Waals surface area contributed by atoms with Crippen molar-refractivity contribution < 1.29 is 14.6 Å². The van der Waals surface area contributed by atoms with Crippen LogP contribution in [0, 0.1) is 0 Å². The number of piperidine rings is 1. The van der Waals surface area contributed by atoms with E-state index in [4.69, 9.17) is 4.74 Å². The van der Waals surface area contributed by atoms with Crippen molar-refractivity contribution in [3.8, 4) is 0 Å². The molecule has 2 aliphatic rings. The monoisotopic (exact) mass is 384 g/mol. The number of rotatable bonds is 4. The molecule has 1 aromatic carbocycles. The number of aromatic amines is 1. The summed E-state index contributed by atoms with van der Waals surface area (Å²) in [4.78, 5) is 22.2. The van der Waals surface area contributed by atoms with Crippen molar-refractivity contribution in [3.05, 3.63) is 42.7 Å². The van der Waals surface area contributed by atoms with Crippen LogP contribution in [0.3, 0.4) is 0 Å². The van der Waals surface area contributed by atoms with Gasteiger partial charge in [0.25, 0.3) is 5.91 Å². The first kappa shape index (κ1) is 19.1. The van der Waals surface area contributed by atoms with Crippen molar-refractivity contribution in [2.24, 2.45) is 0 Å². The van der Waals surface area contributed by atoms with Crippen LogP contribution >= 0.6 is 0 Å². The van der Waals surface area contributed by atoms with Gasteiger partial charge in [0.2, 0.25) is 0 Å². The number of fused-ring (bicyclic) bond motifs is 1. The number of amides is 1. The normalized spacial score (nSPS) is 27.7. The van der Waals surface area contributed by atoms with Crippen molar-refractivity contribution in [1.82, 2.24) is 20.2 Å². The number of carbonyl (C=O) groups is 1. The van der Waals surface area contributed by atoms with E-state index in [-0.39, 0.29) is 11.5 Å². The molecule has 3 N–H and O–H groups in total.